The lowest BCUT2D eigenvalue weighted by Crippen LogP contribution is -2.18. The number of fused-ring (bicyclic) bond motifs is 1. The van der Waals surface area contributed by atoms with Crippen LogP contribution in [0.1, 0.15) is 45.7 Å². The van der Waals surface area contributed by atoms with Crippen molar-refractivity contribution in [3.05, 3.63) is 28.6 Å². The second kappa shape index (κ2) is 4.47. The molecule has 1 aromatic carbocycles. The highest BCUT2D eigenvalue weighted by Crippen LogP contribution is 2.46. The number of benzene rings is 1. The molecule has 0 aliphatic carbocycles. The second-order valence-corrected chi connectivity index (χ2v) is 8.28. The van der Waals surface area contributed by atoms with Crippen molar-refractivity contribution in [3.63, 3.8) is 0 Å². The molecule has 4 heteroatoms. The molecule has 1 aliphatic rings. The Bertz CT molecular complexity index is 695. The lowest BCUT2D eigenvalue weighted by atomic mass is 9.79. The van der Waals surface area contributed by atoms with Gasteiger partial charge in [-0.15, -0.1) is 11.3 Å². The number of hydrogen-bond donors (Lipinski definition) is 1. The zero-order chi connectivity index (χ0) is 15.4. The van der Waals surface area contributed by atoms with Gasteiger partial charge in [-0.1, -0.05) is 34.6 Å². The van der Waals surface area contributed by atoms with Crippen molar-refractivity contribution >= 4 is 16.5 Å². The Morgan fingerprint density at radius 2 is 2.00 bits per heavy atom. The maximum Gasteiger partial charge on any atom is 0.180 e. The number of rotatable bonds is 1. The van der Waals surface area contributed by atoms with Gasteiger partial charge in [-0.3, -0.25) is 0 Å². The summed E-state index contributed by atoms with van der Waals surface area (Å²) in [4.78, 5) is 4.43. The molecule has 0 fully saturated rings. The molecule has 1 aliphatic heterocycles. The highest BCUT2D eigenvalue weighted by molar-refractivity contribution is 7.13. The van der Waals surface area contributed by atoms with Crippen molar-refractivity contribution < 1.29 is 4.74 Å². The molecule has 0 saturated carbocycles. The molecule has 0 saturated heterocycles. The predicted molar refractivity (Wildman–Crippen MR) is 89.2 cm³/mol. The summed E-state index contributed by atoms with van der Waals surface area (Å²) >= 11 is 1.48. The molecule has 21 heavy (non-hydrogen) atoms. The third-order valence-corrected chi connectivity index (χ3v) is 4.70. The molecule has 0 bridgehead atoms. The van der Waals surface area contributed by atoms with Crippen molar-refractivity contribution in [1.82, 2.24) is 4.98 Å². The van der Waals surface area contributed by atoms with Crippen molar-refractivity contribution in [1.29, 1.82) is 0 Å². The van der Waals surface area contributed by atoms with Crippen LogP contribution in [0.5, 0.6) is 5.75 Å². The van der Waals surface area contributed by atoms with Crippen molar-refractivity contribution in [2.45, 2.75) is 45.4 Å². The van der Waals surface area contributed by atoms with Gasteiger partial charge in [-0.05, 0) is 17.5 Å². The van der Waals surface area contributed by atoms with Gasteiger partial charge in [0, 0.05) is 27.5 Å². The molecule has 3 nitrogen and oxygen atoms in total. The minimum absolute atomic E-state index is 0.0298. The maximum atomic E-state index is 6.02. The minimum Gasteiger partial charge on any atom is -0.492 e. The van der Waals surface area contributed by atoms with Crippen LogP contribution in [-0.2, 0) is 10.8 Å². The highest BCUT2D eigenvalue weighted by atomic mass is 32.1. The van der Waals surface area contributed by atoms with E-state index < -0.39 is 0 Å². The molecule has 0 radical (unpaired) electrons. The Balaban J connectivity index is 2.25. The Hall–Kier alpha value is -1.55. The molecular weight excluding hydrogens is 280 g/mol. The molecule has 0 atom stereocenters. The van der Waals surface area contributed by atoms with E-state index in [1.54, 1.807) is 0 Å². The monoisotopic (exact) mass is 302 g/mol. The van der Waals surface area contributed by atoms with E-state index in [1.807, 2.05) is 5.38 Å². The van der Waals surface area contributed by atoms with Crippen molar-refractivity contribution in [2.75, 3.05) is 12.3 Å². The second-order valence-electron chi connectivity index (χ2n) is 7.39. The summed E-state index contributed by atoms with van der Waals surface area (Å²) in [6, 6.07) is 4.42. The van der Waals surface area contributed by atoms with Gasteiger partial charge < -0.3 is 10.5 Å². The Labute approximate surface area is 130 Å². The zero-order valence-corrected chi connectivity index (χ0v) is 14.1. The fraction of sp³-hybridized carbons (Fsp3) is 0.471. The number of ether oxygens (including phenoxy) is 1. The highest BCUT2D eigenvalue weighted by Gasteiger charge is 2.36. The van der Waals surface area contributed by atoms with Gasteiger partial charge in [0.15, 0.2) is 5.13 Å². The smallest absolute Gasteiger partial charge is 0.180 e. The molecule has 0 spiro atoms. The first kappa shape index (κ1) is 14.4. The van der Waals surface area contributed by atoms with Crippen LogP contribution in [0.3, 0.4) is 0 Å². The standard InChI is InChI=1S/C17H22N2OS/c1-16(2,3)11-6-10(13-8-21-15(18)19-13)7-12-14(11)20-9-17(12,4)5/h6-8H,9H2,1-5H3,(H2,18,19). The van der Waals surface area contributed by atoms with Crippen LogP contribution in [0, 0.1) is 0 Å². The lowest BCUT2D eigenvalue weighted by molar-refractivity contribution is 0.286. The fourth-order valence-electron chi connectivity index (χ4n) is 2.74. The van der Waals surface area contributed by atoms with E-state index in [9.17, 15) is 0 Å². The van der Waals surface area contributed by atoms with Gasteiger partial charge in [0.2, 0.25) is 0 Å². The van der Waals surface area contributed by atoms with E-state index in [1.165, 1.54) is 22.5 Å². The summed E-state index contributed by atoms with van der Waals surface area (Å²) in [5.41, 5.74) is 10.5. The van der Waals surface area contributed by atoms with Crippen molar-refractivity contribution in [2.24, 2.45) is 0 Å². The van der Waals surface area contributed by atoms with Crippen LogP contribution in [-0.4, -0.2) is 11.6 Å². The Morgan fingerprint density at radius 3 is 2.57 bits per heavy atom. The van der Waals surface area contributed by atoms with Gasteiger partial charge in [-0.25, -0.2) is 4.98 Å². The van der Waals surface area contributed by atoms with E-state index in [2.05, 4.69) is 51.7 Å². The van der Waals surface area contributed by atoms with Gasteiger partial charge in [0.05, 0.1) is 12.3 Å². The molecule has 3 rings (SSSR count). The summed E-state index contributed by atoms with van der Waals surface area (Å²) in [5.74, 6) is 1.06. The summed E-state index contributed by atoms with van der Waals surface area (Å²) in [5, 5.41) is 2.63. The van der Waals surface area contributed by atoms with Crippen LogP contribution < -0.4 is 10.5 Å². The van der Waals surface area contributed by atoms with E-state index in [0.717, 1.165) is 23.6 Å². The van der Waals surface area contributed by atoms with Gasteiger partial charge >= 0.3 is 0 Å². The summed E-state index contributed by atoms with van der Waals surface area (Å²) < 4.78 is 6.02. The van der Waals surface area contributed by atoms with E-state index in [4.69, 9.17) is 10.5 Å². The predicted octanol–water partition coefficient (Wildman–Crippen LogP) is 4.36. The van der Waals surface area contributed by atoms with Crippen LogP contribution in [0.2, 0.25) is 0 Å². The summed E-state index contributed by atoms with van der Waals surface area (Å²) in [6.07, 6.45) is 0. The molecule has 0 amide bonds. The minimum atomic E-state index is 0.0298. The number of anilines is 1. The first-order valence-corrected chi connectivity index (χ1v) is 8.10. The van der Waals surface area contributed by atoms with Crippen LogP contribution in [0.15, 0.2) is 17.5 Å². The first-order valence-electron chi connectivity index (χ1n) is 7.22. The number of nitrogens with two attached hydrogens (primary N) is 1. The quantitative estimate of drug-likeness (QED) is 0.851. The van der Waals surface area contributed by atoms with Crippen LogP contribution in [0.25, 0.3) is 11.3 Å². The van der Waals surface area contributed by atoms with E-state index in [0.29, 0.717) is 5.13 Å². The molecule has 2 N–H and O–H groups in total. The average molecular weight is 302 g/mol. The van der Waals surface area contributed by atoms with E-state index >= 15 is 0 Å². The normalized spacial score (nSPS) is 16.6. The molecular formula is C17H22N2OS. The van der Waals surface area contributed by atoms with E-state index in [-0.39, 0.29) is 10.8 Å². The SMILES string of the molecule is CC(C)(C)c1cc(-c2csc(N)n2)cc2c1OCC2(C)C. The zero-order valence-electron chi connectivity index (χ0n) is 13.3. The summed E-state index contributed by atoms with van der Waals surface area (Å²) in [7, 11) is 0. The van der Waals surface area contributed by atoms with Crippen LogP contribution in [0.4, 0.5) is 5.13 Å². The fourth-order valence-corrected chi connectivity index (χ4v) is 3.31. The van der Waals surface area contributed by atoms with Gasteiger partial charge in [0.1, 0.15) is 5.75 Å². The molecule has 1 aromatic heterocycles. The molecule has 0 unspecified atom stereocenters. The topological polar surface area (TPSA) is 48.1 Å². The van der Waals surface area contributed by atoms with Crippen LogP contribution >= 0.6 is 11.3 Å². The number of thiazole rings is 1. The Morgan fingerprint density at radius 1 is 1.29 bits per heavy atom. The average Bonchev–Trinajstić information content (AvgIpc) is 2.92. The third kappa shape index (κ3) is 2.42. The summed E-state index contributed by atoms with van der Waals surface area (Å²) in [6.45, 7) is 11.8. The largest absolute Gasteiger partial charge is 0.492 e. The molecule has 2 aromatic rings. The number of nitrogen functional groups attached to an aromatic ring is 1. The Kier molecular flexibility index (Phi) is 3.06. The van der Waals surface area contributed by atoms with Crippen molar-refractivity contribution in [3.8, 4) is 17.0 Å². The van der Waals surface area contributed by atoms with Gasteiger partial charge in [-0.2, -0.15) is 0 Å². The lowest BCUT2D eigenvalue weighted by Gasteiger charge is -2.24. The third-order valence-electron chi connectivity index (χ3n) is 4.02. The van der Waals surface area contributed by atoms with Gasteiger partial charge in [0.25, 0.3) is 0 Å². The first-order chi connectivity index (χ1) is 9.68. The number of hydrogen-bond acceptors (Lipinski definition) is 4. The number of nitrogens with zero attached hydrogens (tertiary/aromatic N) is 1. The molecule has 112 valence electrons. The molecule has 2 heterocycles. The maximum absolute atomic E-state index is 6.02. The number of aromatic nitrogens is 1.